The lowest BCUT2D eigenvalue weighted by Crippen LogP contribution is -2.35. The number of benzene rings is 3. The maximum absolute atomic E-state index is 5.40. The number of piperidine rings is 1. The average molecular weight is 440 g/mol. The van der Waals surface area contributed by atoms with Gasteiger partial charge in [0.2, 0.25) is 0 Å². The number of imidazole rings is 1. The molecule has 5 rings (SSSR count). The highest BCUT2D eigenvalue weighted by atomic mass is 16.5. The average Bonchev–Trinajstić information content (AvgIpc) is 3.21. The molecule has 0 aliphatic carbocycles. The number of methoxy groups -OCH3 is 1. The van der Waals surface area contributed by atoms with Crippen LogP contribution in [0.1, 0.15) is 53.4 Å². The minimum absolute atomic E-state index is 0.286. The lowest BCUT2D eigenvalue weighted by atomic mass is 9.96. The maximum atomic E-state index is 5.40. The van der Waals surface area contributed by atoms with Crippen molar-refractivity contribution in [2.75, 3.05) is 13.7 Å². The molecule has 0 amide bonds. The predicted octanol–water partition coefficient (Wildman–Crippen LogP) is 6.69. The summed E-state index contributed by atoms with van der Waals surface area (Å²) in [6.07, 6.45) is 3.60. The van der Waals surface area contributed by atoms with E-state index in [2.05, 4.69) is 78.8 Å². The molecule has 0 N–H and O–H groups in total. The van der Waals surface area contributed by atoms with E-state index in [0.29, 0.717) is 0 Å². The molecule has 0 saturated carbocycles. The molecular formula is C29H33N3O. The number of nitrogens with zero attached hydrogens (tertiary/aromatic N) is 3. The van der Waals surface area contributed by atoms with E-state index in [1.807, 2.05) is 12.1 Å². The first-order valence-corrected chi connectivity index (χ1v) is 12.0. The zero-order valence-electron chi connectivity index (χ0n) is 20.1. The van der Waals surface area contributed by atoms with Crippen LogP contribution in [0.15, 0.2) is 60.7 Å². The SMILES string of the molecule is COc1ccc(-n2c(C3CCCCN3Cc3c(C)cc(C)cc3C)nc3ccccc32)cc1. The van der Waals surface area contributed by atoms with Crippen molar-refractivity contribution in [1.82, 2.24) is 14.5 Å². The fourth-order valence-electron chi connectivity index (χ4n) is 5.41. The zero-order valence-corrected chi connectivity index (χ0v) is 20.1. The molecule has 3 aromatic carbocycles. The number of ether oxygens (including phenoxy) is 1. The van der Waals surface area contributed by atoms with Gasteiger partial charge < -0.3 is 4.74 Å². The summed E-state index contributed by atoms with van der Waals surface area (Å²) < 4.78 is 7.76. The number of para-hydroxylation sites is 2. The minimum atomic E-state index is 0.286. The first kappa shape index (κ1) is 21.7. The number of fused-ring (bicyclic) bond motifs is 1. The van der Waals surface area contributed by atoms with Crippen LogP contribution in [0.4, 0.5) is 0 Å². The summed E-state index contributed by atoms with van der Waals surface area (Å²) in [6.45, 7) is 8.75. The van der Waals surface area contributed by atoms with Gasteiger partial charge in [-0.3, -0.25) is 9.47 Å². The molecule has 1 unspecified atom stereocenters. The maximum Gasteiger partial charge on any atom is 0.131 e. The Morgan fingerprint density at radius 3 is 2.39 bits per heavy atom. The van der Waals surface area contributed by atoms with Crippen molar-refractivity contribution in [1.29, 1.82) is 0 Å². The third-order valence-corrected chi connectivity index (χ3v) is 7.03. The van der Waals surface area contributed by atoms with Crippen LogP contribution in [0.3, 0.4) is 0 Å². The number of aryl methyl sites for hydroxylation is 3. The summed E-state index contributed by atoms with van der Waals surface area (Å²) in [5, 5.41) is 0. The van der Waals surface area contributed by atoms with Crippen LogP contribution < -0.4 is 4.74 Å². The molecule has 0 spiro atoms. The quantitative estimate of drug-likeness (QED) is 0.347. The van der Waals surface area contributed by atoms with Crippen molar-refractivity contribution >= 4 is 11.0 Å². The van der Waals surface area contributed by atoms with Crippen LogP contribution in [-0.2, 0) is 6.54 Å². The fourth-order valence-corrected chi connectivity index (χ4v) is 5.41. The third kappa shape index (κ3) is 4.16. The first-order chi connectivity index (χ1) is 16.0. The standard InChI is InChI=1S/C29H33N3O/c1-20-17-21(2)25(22(3)18-20)19-31-16-8-7-11-28(31)29-30-26-9-5-6-10-27(26)32(29)23-12-14-24(33-4)15-13-23/h5-6,9-10,12-15,17-18,28H,7-8,11,16,19H2,1-4H3. The number of likely N-dealkylation sites (tertiary alicyclic amines) is 1. The minimum Gasteiger partial charge on any atom is -0.497 e. The fraction of sp³-hybridized carbons (Fsp3) is 0.345. The molecule has 4 aromatic rings. The molecule has 33 heavy (non-hydrogen) atoms. The normalized spacial score (nSPS) is 16.9. The van der Waals surface area contributed by atoms with E-state index in [9.17, 15) is 0 Å². The van der Waals surface area contributed by atoms with E-state index in [4.69, 9.17) is 9.72 Å². The summed E-state index contributed by atoms with van der Waals surface area (Å²) in [5.74, 6) is 2.01. The molecule has 1 aliphatic rings. The van der Waals surface area contributed by atoms with Gasteiger partial charge >= 0.3 is 0 Å². The number of hydrogen-bond acceptors (Lipinski definition) is 3. The van der Waals surface area contributed by atoms with Gasteiger partial charge in [0.05, 0.1) is 24.2 Å². The Bertz CT molecular complexity index is 1250. The molecule has 4 nitrogen and oxygen atoms in total. The summed E-state index contributed by atoms with van der Waals surface area (Å²) in [4.78, 5) is 7.84. The molecule has 2 heterocycles. The Kier molecular flexibility index (Phi) is 5.94. The van der Waals surface area contributed by atoms with Crippen molar-refractivity contribution in [3.05, 3.63) is 88.7 Å². The van der Waals surface area contributed by atoms with Crippen LogP contribution in [0.5, 0.6) is 5.75 Å². The molecular weight excluding hydrogens is 406 g/mol. The highest BCUT2D eigenvalue weighted by Crippen LogP contribution is 2.36. The smallest absolute Gasteiger partial charge is 0.131 e. The highest BCUT2D eigenvalue weighted by Gasteiger charge is 2.30. The van der Waals surface area contributed by atoms with Crippen molar-refractivity contribution < 1.29 is 4.74 Å². The third-order valence-electron chi connectivity index (χ3n) is 7.03. The van der Waals surface area contributed by atoms with Crippen molar-refractivity contribution in [3.63, 3.8) is 0 Å². The molecule has 1 fully saturated rings. The summed E-state index contributed by atoms with van der Waals surface area (Å²) in [6, 6.07) is 21.7. The second-order valence-electron chi connectivity index (χ2n) is 9.35. The second kappa shape index (κ2) is 9.03. The van der Waals surface area contributed by atoms with Crippen LogP contribution in [0.25, 0.3) is 16.7 Å². The van der Waals surface area contributed by atoms with Gasteiger partial charge in [-0.15, -0.1) is 0 Å². The largest absolute Gasteiger partial charge is 0.497 e. The first-order valence-electron chi connectivity index (χ1n) is 12.0. The van der Waals surface area contributed by atoms with Crippen molar-refractivity contribution in [2.45, 2.75) is 52.6 Å². The lowest BCUT2D eigenvalue weighted by Gasteiger charge is -2.36. The van der Waals surface area contributed by atoms with Crippen LogP contribution in [0, 0.1) is 20.8 Å². The van der Waals surface area contributed by atoms with E-state index >= 15 is 0 Å². The summed E-state index contributed by atoms with van der Waals surface area (Å²) >= 11 is 0. The predicted molar refractivity (Wildman–Crippen MR) is 135 cm³/mol. The highest BCUT2D eigenvalue weighted by molar-refractivity contribution is 5.78. The molecule has 0 bridgehead atoms. The van der Waals surface area contributed by atoms with Gasteiger partial charge in [0, 0.05) is 12.2 Å². The number of hydrogen-bond donors (Lipinski definition) is 0. The topological polar surface area (TPSA) is 30.3 Å². The molecule has 1 atom stereocenters. The Labute approximate surface area is 196 Å². The van der Waals surface area contributed by atoms with E-state index < -0.39 is 0 Å². The Hall–Kier alpha value is -3.11. The Balaban J connectivity index is 1.59. The van der Waals surface area contributed by atoms with Gasteiger partial charge in [-0.05, 0) is 93.2 Å². The summed E-state index contributed by atoms with van der Waals surface area (Å²) in [5.41, 5.74) is 8.92. The number of rotatable bonds is 5. The van der Waals surface area contributed by atoms with E-state index in [1.165, 1.54) is 35.1 Å². The molecule has 4 heteroatoms. The molecule has 1 aliphatic heterocycles. The van der Waals surface area contributed by atoms with Gasteiger partial charge in [0.25, 0.3) is 0 Å². The van der Waals surface area contributed by atoms with Gasteiger partial charge in [-0.2, -0.15) is 0 Å². The van der Waals surface area contributed by atoms with Gasteiger partial charge in [-0.25, -0.2) is 4.98 Å². The molecule has 0 radical (unpaired) electrons. The van der Waals surface area contributed by atoms with Gasteiger partial charge in [0.1, 0.15) is 11.6 Å². The Morgan fingerprint density at radius 2 is 1.67 bits per heavy atom. The Morgan fingerprint density at radius 1 is 0.939 bits per heavy atom. The van der Waals surface area contributed by atoms with E-state index in [0.717, 1.165) is 47.8 Å². The van der Waals surface area contributed by atoms with Crippen LogP contribution >= 0.6 is 0 Å². The van der Waals surface area contributed by atoms with Crippen LogP contribution in [0.2, 0.25) is 0 Å². The molecule has 1 saturated heterocycles. The van der Waals surface area contributed by atoms with Crippen molar-refractivity contribution in [3.8, 4) is 11.4 Å². The molecule has 170 valence electrons. The second-order valence-corrected chi connectivity index (χ2v) is 9.35. The van der Waals surface area contributed by atoms with E-state index in [-0.39, 0.29) is 6.04 Å². The van der Waals surface area contributed by atoms with Gasteiger partial charge in [0.15, 0.2) is 0 Å². The lowest BCUT2D eigenvalue weighted by molar-refractivity contribution is 0.132. The summed E-state index contributed by atoms with van der Waals surface area (Å²) in [7, 11) is 1.71. The van der Waals surface area contributed by atoms with Crippen molar-refractivity contribution in [2.24, 2.45) is 0 Å². The number of aromatic nitrogens is 2. The van der Waals surface area contributed by atoms with Gasteiger partial charge in [-0.1, -0.05) is 36.2 Å². The van der Waals surface area contributed by atoms with E-state index in [1.54, 1.807) is 7.11 Å². The zero-order chi connectivity index (χ0) is 22.9. The van der Waals surface area contributed by atoms with Crippen LogP contribution in [-0.4, -0.2) is 28.1 Å². The monoisotopic (exact) mass is 439 g/mol. The molecule has 1 aromatic heterocycles.